The highest BCUT2D eigenvalue weighted by Crippen LogP contribution is 2.31. The van der Waals surface area contributed by atoms with Crippen LogP contribution in [0.1, 0.15) is 30.3 Å². The van der Waals surface area contributed by atoms with Gasteiger partial charge in [0.25, 0.3) is 5.91 Å². The summed E-state index contributed by atoms with van der Waals surface area (Å²) in [6, 6.07) is 2.56. The minimum Gasteiger partial charge on any atom is -0.335 e. The number of hydrogen-bond acceptors (Lipinski definition) is 4. The molecule has 0 spiro atoms. The van der Waals surface area contributed by atoms with Gasteiger partial charge in [-0.3, -0.25) is 14.4 Å². The van der Waals surface area contributed by atoms with E-state index in [1.54, 1.807) is 10.9 Å². The van der Waals surface area contributed by atoms with Gasteiger partial charge in [0.2, 0.25) is 0 Å². The van der Waals surface area contributed by atoms with Crippen LogP contribution in [0.2, 0.25) is 0 Å². The van der Waals surface area contributed by atoms with Crippen molar-refractivity contribution in [3.05, 3.63) is 18.0 Å². The Morgan fingerprint density at radius 3 is 2.52 bits per heavy atom. The van der Waals surface area contributed by atoms with Crippen LogP contribution in [0.25, 0.3) is 0 Å². The molecule has 0 unspecified atom stereocenters. The number of piperazine rings is 1. The van der Waals surface area contributed by atoms with Gasteiger partial charge in [-0.25, -0.2) is 0 Å². The van der Waals surface area contributed by atoms with E-state index < -0.39 is 0 Å². The molecule has 5 heterocycles. The third-order valence-corrected chi connectivity index (χ3v) is 5.93. The van der Waals surface area contributed by atoms with Gasteiger partial charge >= 0.3 is 0 Å². The van der Waals surface area contributed by atoms with E-state index in [0.717, 1.165) is 50.4 Å². The Hall–Kier alpha value is -1.40. The fraction of sp³-hybridized carbons (Fsp3) is 0.765. The SMILES string of the molecule is CCn1nccc1C(=O)N1CCN([C@H]2CN3CCC2CC3)CC1. The number of carbonyl (C=O) groups excluding carboxylic acids is 1. The number of piperidine rings is 3. The Kier molecular flexibility index (Phi) is 4.11. The van der Waals surface area contributed by atoms with Crippen molar-refractivity contribution in [2.75, 3.05) is 45.8 Å². The Morgan fingerprint density at radius 2 is 1.91 bits per heavy atom. The molecule has 0 saturated carbocycles. The zero-order valence-corrected chi connectivity index (χ0v) is 14.0. The van der Waals surface area contributed by atoms with E-state index in [2.05, 4.69) is 14.9 Å². The second kappa shape index (κ2) is 6.24. The third kappa shape index (κ3) is 2.78. The van der Waals surface area contributed by atoms with Gasteiger partial charge in [-0.05, 0) is 44.8 Å². The lowest BCUT2D eigenvalue weighted by molar-refractivity contribution is -0.0132. The molecule has 1 aromatic rings. The number of amides is 1. The number of aryl methyl sites for hydroxylation is 1. The number of fused-ring (bicyclic) bond motifs is 3. The lowest BCUT2D eigenvalue weighted by atomic mass is 9.83. The number of hydrogen-bond donors (Lipinski definition) is 0. The van der Waals surface area contributed by atoms with Gasteiger partial charge in [0, 0.05) is 51.5 Å². The van der Waals surface area contributed by atoms with Crippen LogP contribution < -0.4 is 0 Å². The summed E-state index contributed by atoms with van der Waals surface area (Å²) >= 11 is 0. The van der Waals surface area contributed by atoms with Crippen LogP contribution in [0.3, 0.4) is 0 Å². The number of nitrogens with zero attached hydrogens (tertiary/aromatic N) is 5. The monoisotopic (exact) mass is 317 g/mol. The molecular formula is C17H27N5O. The summed E-state index contributed by atoms with van der Waals surface area (Å²) in [7, 11) is 0. The van der Waals surface area contributed by atoms with Crippen LogP contribution in [0.15, 0.2) is 12.3 Å². The van der Waals surface area contributed by atoms with E-state index in [4.69, 9.17) is 0 Å². The van der Waals surface area contributed by atoms with Crippen LogP contribution in [0, 0.1) is 5.92 Å². The Balaban J connectivity index is 1.37. The van der Waals surface area contributed by atoms with Gasteiger partial charge in [0.1, 0.15) is 5.69 Å². The normalized spacial score (nSPS) is 31.5. The summed E-state index contributed by atoms with van der Waals surface area (Å²) in [5.41, 5.74) is 0.726. The van der Waals surface area contributed by atoms with Crippen molar-refractivity contribution in [2.45, 2.75) is 32.4 Å². The highest BCUT2D eigenvalue weighted by Gasteiger charge is 2.38. The maximum absolute atomic E-state index is 12.7. The van der Waals surface area contributed by atoms with Crippen LogP contribution in [-0.4, -0.2) is 82.2 Å². The molecule has 4 fully saturated rings. The molecule has 4 saturated heterocycles. The second-order valence-corrected chi connectivity index (χ2v) is 7.07. The standard InChI is InChI=1S/C17H27N5O/c1-2-22-15(3-6-18-22)17(23)21-11-9-20(10-12-21)16-13-19-7-4-14(16)5-8-19/h3,6,14,16H,2,4-5,7-13H2,1H3/t16-/m0/s1. The number of carbonyl (C=O) groups is 1. The molecular weight excluding hydrogens is 290 g/mol. The number of rotatable bonds is 3. The molecule has 5 rings (SSSR count). The predicted molar refractivity (Wildman–Crippen MR) is 88.3 cm³/mol. The van der Waals surface area contributed by atoms with E-state index in [1.165, 1.54) is 32.5 Å². The minimum absolute atomic E-state index is 0.137. The van der Waals surface area contributed by atoms with Gasteiger partial charge in [0.15, 0.2) is 0 Å². The maximum atomic E-state index is 12.7. The summed E-state index contributed by atoms with van der Waals surface area (Å²) in [5, 5.41) is 4.22. The van der Waals surface area contributed by atoms with Crippen molar-refractivity contribution >= 4 is 5.91 Å². The van der Waals surface area contributed by atoms with Crippen molar-refractivity contribution in [2.24, 2.45) is 5.92 Å². The summed E-state index contributed by atoms with van der Waals surface area (Å²) in [5.74, 6) is 1.02. The lowest BCUT2D eigenvalue weighted by Crippen LogP contribution is -2.61. The highest BCUT2D eigenvalue weighted by molar-refractivity contribution is 5.92. The van der Waals surface area contributed by atoms with Gasteiger partial charge in [-0.1, -0.05) is 0 Å². The average Bonchev–Trinajstić information content (AvgIpc) is 3.11. The zero-order valence-electron chi connectivity index (χ0n) is 14.0. The molecule has 1 amide bonds. The fourth-order valence-electron chi connectivity index (χ4n) is 4.53. The molecule has 6 heteroatoms. The van der Waals surface area contributed by atoms with Crippen molar-refractivity contribution in [3.63, 3.8) is 0 Å². The maximum Gasteiger partial charge on any atom is 0.272 e. The first-order valence-electron chi connectivity index (χ1n) is 9.03. The number of aromatic nitrogens is 2. The van der Waals surface area contributed by atoms with Gasteiger partial charge in [-0.15, -0.1) is 0 Å². The summed E-state index contributed by atoms with van der Waals surface area (Å²) in [6.07, 6.45) is 4.44. The molecule has 0 radical (unpaired) electrons. The van der Waals surface area contributed by atoms with Gasteiger partial charge in [-0.2, -0.15) is 5.10 Å². The summed E-state index contributed by atoms with van der Waals surface area (Å²) in [6.45, 7) is 10.3. The van der Waals surface area contributed by atoms with Crippen molar-refractivity contribution in [1.29, 1.82) is 0 Å². The van der Waals surface area contributed by atoms with Crippen molar-refractivity contribution in [3.8, 4) is 0 Å². The zero-order chi connectivity index (χ0) is 15.8. The minimum atomic E-state index is 0.137. The third-order valence-electron chi connectivity index (χ3n) is 5.93. The first kappa shape index (κ1) is 15.1. The Bertz CT molecular complexity index is 555. The summed E-state index contributed by atoms with van der Waals surface area (Å²) < 4.78 is 1.79. The molecule has 4 aliphatic rings. The molecule has 2 bridgehead atoms. The van der Waals surface area contributed by atoms with Crippen LogP contribution in [-0.2, 0) is 6.54 Å². The van der Waals surface area contributed by atoms with Crippen LogP contribution in [0.4, 0.5) is 0 Å². The van der Waals surface area contributed by atoms with E-state index >= 15 is 0 Å². The van der Waals surface area contributed by atoms with E-state index in [9.17, 15) is 4.79 Å². The van der Waals surface area contributed by atoms with E-state index in [0.29, 0.717) is 0 Å². The van der Waals surface area contributed by atoms with Gasteiger partial charge < -0.3 is 9.80 Å². The smallest absolute Gasteiger partial charge is 0.272 e. The first-order valence-corrected chi connectivity index (χ1v) is 9.03. The van der Waals surface area contributed by atoms with Gasteiger partial charge in [0.05, 0.1) is 0 Å². The predicted octanol–water partition coefficient (Wildman–Crippen LogP) is 0.755. The molecule has 126 valence electrons. The van der Waals surface area contributed by atoms with Crippen LogP contribution >= 0.6 is 0 Å². The van der Waals surface area contributed by atoms with Crippen LogP contribution in [0.5, 0.6) is 0 Å². The average molecular weight is 317 g/mol. The Labute approximate surface area is 138 Å². The molecule has 6 nitrogen and oxygen atoms in total. The molecule has 0 aromatic carbocycles. The van der Waals surface area contributed by atoms with Crippen molar-refractivity contribution < 1.29 is 4.79 Å². The molecule has 4 aliphatic heterocycles. The lowest BCUT2D eigenvalue weighted by Gasteiger charge is -2.51. The van der Waals surface area contributed by atoms with E-state index in [-0.39, 0.29) is 5.91 Å². The molecule has 0 N–H and O–H groups in total. The fourth-order valence-corrected chi connectivity index (χ4v) is 4.53. The molecule has 23 heavy (non-hydrogen) atoms. The second-order valence-electron chi connectivity index (χ2n) is 7.07. The summed E-state index contributed by atoms with van der Waals surface area (Å²) in [4.78, 5) is 19.9. The van der Waals surface area contributed by atoms with Crippen molar-refractivity contribution in [1.82, 2.24) is 24.5 Å². The highest BCUT2D eigenvalue weighted by atomic mass is 16.2. The molecule has 1 aromatic heterocycles. The topological polar surface area (TPSA) is 44.6 Å². The molecule has 0 aliphatic carbocycles. The van der Waals surface area contributed by atoms with E-state index in [1.807, 2.05) is 17.9 Å². The first-order chi connectivity index (χ1) is 11.3. The molecule has 1 atom stereocenters. The largest absolute Gasteiger partial charge is 0.335 e. The Morgan fingerprint density at radius 1 is 1.17 bits per heavy atom. The quantitative estimate of drug-likeness (QED) is 0.825.